The summed E-state index contributed by atoms with van der Waals surface area (Å²) in [6, 6.07) is 6.76. The fourth-order valence-corrected chi connectivity index (χ4v) is 4.41. The van der Waals surface area contributed by atoms with Crippen LogP contribution >= 0.6 is 0 Å². The highest BCUT2D eigenvalue weighted by Gasteiger charge is 2.31. The van der Waals surface area contributed by atoms with Gasteiger partial charge in [0, 0.05) is 43.0 Å². The van der Waals surface area contributed by atoms with E-state index in [9.17, 15) is 9.18 Å². The van der Waals surface area contributed by atoms with Gasteiger partial charge in [0.05, 0.1) is 19.0 Å². The normalized spacial score (nSPS) is 15.8. The van der Waals surface area contributed by atoms with Crippen LogP contribution in [0.15, 0.2) is 30.5 Å². The van der Waals surface area contributed by atoms with Crippen molar-refractivity contribution in [1.29, 1.82) is 0 Å². The smallest absolute Gasteiger partial charge is 0.410 e. The predicted octanol–water partition coefficient (Wildman–Crippen LogP) is 5.19. The standard InChI is InChI=1S/C25H31FN4O3/c1-25(2,3)33-24(31)29(4)17-8-10-21-18(13-17)19-11-16(14-27-23(19)30(21)5)28-15-7-9-20(26)22(12-15)32-6/h7,9,11-12,14,17,28H,8,10,13H2,1-6H3. The van der Waals surface area contributed by atoms with Crippen LogP contribution < -0.4 is 10.1 Å². The molecular formula is C25H31FN4O3. The number of rotatable bonds is 4. The number of hydrogen-bond donors (Lipinski definition) is 1. The molecule has 0 bridgehead atoms. The highest BCUT2D eigenvalue weighted by molar-refractivity contribution is 5.86. The number of hydrogen-bond acceptors (Lipinski definition) is 5. The molecule has 1 aliphatic rings. The van der Waals surface area contributed by atoms with Crippen molar-refractivity contribution >= 4 is 28.5 Å². The van der Waals surface area contributed by atoms with Gasteiger partial charge in [-0.3, -0.25) is 0 Å². The summed E-state index contributed by atoms with van der Waals surface area (Å²) < 4.78 is 26.5. The number of carbonyl (C=O) groups is 1. The monoisotopic (exact) mass is 454 g/mol. The molecule has 3 aromatic rings. The zero-order chi connectivity index (χ0) is 23.9. The van der Waals surface area contributed by atoms with E-state index in [1.54, 1.807) is 23.2 Å². The molecule has 1 unspecified atom stereocenters. The van der Waals surface area contributed by atoms with E-state index in [0.717, 1.165) is 36.0 Å². The number of methoxy groups -OCH3 is 1. The summed E-state index contributed by atoms with van der Waals surface area (Å²) in [5.41, 5.74) is 4.33. The molecule has 1 atom stereocenters. The van der Waals surface area contributed by atoms with Gasteiger partial charge >= 0.3 is 6.09 Å². The Morgan fingerprint density at radius 2 is 2.03 bits per heavy atom. The van der Waals surface area contributed by atoms with E-state index in [2.05, 4.69) is 20.9 Å². The van der Waals surface area contributed by atoms with E-state index in [-0.39, 0.29) is 17.9 Å². The van der Waals surface area contributed by atoms with Crippen molar-refractivity contribution in [3.05, 3.63) is 47.5 Å². The van der Waals surface area contributed by atoms with Gasteiger partial charge in [0.1, 0.15) is 11.2 Å². The molecule has 4 rings (SSSR count). The zero-order valence-corrected chi connectivity index (χ0v) is 20.0. The molecule has 7 nitrogen and oxygen atoms in total. The van der Waals surface area contributed by atoms with E-state index in [4.69, 9.17) is 9.47 Å². The average Bonchev–Trinajstić information content (AvgIpc) is 3.04. The first-order chi connectivity index (χ1) is 15.6. The van der Waals surface area contributed by atoms with Crippen LogP contribution in [0.3, 0.4) is 0 Å². The number of anilines is 2. The van der Waals surface area contributed by atoms with Crippen LogP contribution in [0.25, 0.3) is 11.0 Å². The Hall–Kier alpha value is -3.29. The molecule has 0 fully saturated rings. The molecule has 176 valence electrons. The molecular weight excluding hydrogens is 423 g/mol. The van der Waals surface area contributed by atoms with Gasteiger partial charge in [0.2, 0.25) is 0 Å². The first kappa shape index (κ1) is 22.9. The molecule has 1 aliphatic carbocycles. The van der Waals surface area contributed by atoms with E-state index in [0.29, 0.717) is 5.69 Å². The van der Waals surface area contributed by atoms with E-state index in [1.165, 1.54) is 24.4 Å². The summed E-state index contributed by atoms with van der Waals surface area (Å²) in [6.07, 6.45) is 3.93. The van der Waals surface area contributed by atoms with E-state index >= 15 is 0 Å². The molecule has 33 heavy (non-hydrogen) atoms. The molecule has 0 saturated carbocycles. The van der Waals surface area contributed by atoms with Crippen LogP contribution in [-0.4, -0.2) is 46.3 Å². The number of pyridine rings is 1. The summed E-state index contributed by atoms with van der Waals surface area (Å²) in [7, 11) is 5.28. The van der Waals surface area contributed by atoms with Gasteiger partial charge in [-0.25, -0.2) is 14.2 Å². The van der Waals surface area contributed by atoms with Crippen LogP contribution in [-0.2, 0) is 24.6 Å². The maximum absolute atomic E-state index is 13.8. The van der Waals surface area contributed by atoms with Gasteiger partial charge in [0.15, 0.2) is 11.6 Å². The third-order valence-electron chi connectivity index (χ3n) is 6.09. The number of nitrogens with zero attached hydrogens (tertiary/aromatic N) is 3. The molecule has 2 aromatic heterocycles. The minimum Gasteiger partial charge on any atom is -0.494 e. The summed E-state index contributed by atoms with van der Waals surface area (Å²) in [5.74, 6) is -0.229. The number of aromatic nitrogens is 2. The number of amides is 1. The Morgan fingerprint density at radius 1 is 1.27 bits per heavy atom. The number of nitrogens with one attached hydrogen (secondary N) is 1. The highest BCUT2D eigenvalue weighted by Crippen LogP contribution is 2.34. The van der Waals surface area contributed by atoms with Crippen molar-refractivity contribution in [2.75, 3.05) is 19.5 Å². The second-order valence-corrected chi connectivity index (χ2v) is 9.54. The Morgan fingerprint density at radius 3 is 2.73 bits per heavy atom. The van der Waals surface area contributed by atoms with Gasteiger partial charge in [-0.15, -0.1) is 0 Å². The molecule has 0 spiro atoms. The second-order valence-electron chi connectivity index (χ2n) is 9.54. The van der Waals surface area contributed by atoms with Gasteiger partial charge in [0.25, 0.3) is 0 Å². The van der Waals surface area contributed by atoms with Gasteiger partial charge in [-0.05, 0) is 63.8 Å². The van der Waals surface area contributed by atoms with E-state index in [1.807, 2.05) is 34.9 Å². The first-order valence-electron chi connectivity index (χ1n) is 11.1. The Balaban J connectivity index is 1.62. The SMILES string of the molecule is COc1cc(Nc2cnc3c(c2)c2c(n3C)CCC(N(C)C(=O)OC(C)(C)C)C2)ccc1F. The lowest BCUT2D eigenvalue weighted by atomic mass is 9.91. The van der Waals surface area contributed by atoms with Crippen LogP contribution in [0.5, 0.6) is 5.75 Å². The molecule has 0 saturated heterocycles. The minimum atomic E-state index is -0.530. The van der Waals surface area contributed by atoms with Crippen molar-refractivity contribution in [3.63, 3.8) is 0 Å². The first-order valence-corrected chi connectivity index (χ1v) is 11.1. The number of ether oxygens (including phenoxy) is 2. The maximum Gasteiger partial charge on any atom is 0.410 e. The fourth-order valence-electron chi connectivity index (χ4n) is 4.41. The van der Waals surface area contributed by atoms with Crippen molar-refractivity contribution in [1.82, 2.24) is 14.5 Å². The molecule has 1 aromatic carbocycles. The lowest BCUT2D eigenvalue weighted by Gasteiger charge is -2.33. The summed E-state index contributed by atoms with van der Waals surface area (Å²) in [6.45, 7) is 5.62. The number of likely N-dealkylation sites (N-methyl/N-ethyl adjacent to an activating group) is 1. The van der Waals surface area contributed by atoms with Crippen LogP contribution in [0.1, 0.15) is 38.4 Å². The zero-order valence-electron chi connectivity index (χ0n) is 20.0. The van der Waals surface area contributed by atoms with Gasteiger partial charge < -0.3 is 24.3 Å². The number of carbonyl (C=O) groups excluding carboxylic acids is 1. The molecule has 2 heterocycles. The van der Waals surface area contributed by atoms with Crippen molar-refractivity contribution in [3.8, 4) is 5.75 Å². The molecule has 0 aliphatic heterocycles. The minimum absolute atomic E-state index is 0.0518. The van der Waals surface area contributed by atoms with E-state index < -0.39 is 11.4 Å². The number of aryl methyl sites for hydroxylation is 1. The maximum atomic E-state index is 13.8. The third-order valence-corrected chi connectivity index (χ3v) is 6.09. The Bertz CT molecular complexity index is 1200. The van der Waals surface area contributed by atoms with Crippen LogP contribution in [0.2, 0.25) is 0 Å². The summed E-state index contributed by atoms with van der Waals surface area (Å²) >= 11 is 0. The quantitative estimate of drug-likeness (QED) is 0.588. The number of fused-ring (bicyclic) bond motifs is 3. The molecule has 1 N–H and O–H groups in total. The predicted molar refractivity (Wildman–Crippen MR) is 127 cm³/mol. The lowest BCUT2D eigenvalue weighted by molar-refractivity contribution is 0.0210. The second kappa shape index (κ2) is 8.57. The number of benzene rings is 1. The molecule has 0 radical (unpaired) electrons. The Kier molecular flexibility index (Phi) is 5.95. The Labute approximate surface area is 193 Å². The van der Waals surface area contributed by atoms with Crippen molar-refractivity contribution in [2.24, 2.45) is 7.05 Å². The summed E-state index contributed by atoms with van der Waals surface area (Å²) in [5, 5.41) is 4.34. The van der Waals surface area contributed by atoms with Gasteiger partial charge in [-0.2, -0.15) is 0 Å². The topological polar surface area (TPSA) is 68.6 Å². The average molecular weight is 455 g/mol. The van der Waals surface area contributed by atoms with Crippen molar-refractivity contribution < 1.29 is 18.7 Å². The molecule has 1 amide bonds. The van der Waals surface area contributed by atoms with Crippen molar-refractivity contribution in [2.45, 2.75) is 51.7 Å². The lowest BCUT2D eigenvalue weighted by Crippen LogP contribution is -2.43. The van der Waals surface area contributed by atoms with Crippen LogP contribution in [0.4, 0.5) is 20.6 Å². The largest absolute Gasteiger partial charge is 0.494 e. The fraction of sp³-hybridized carbons (Fsp3) is 0.440. The van der Waals surface area contributed by atoms with Gasteiger partial charge in [-0.1, -0.05) is 0 Å². The highest BCUT2D eigenvalue weighted by atomic mass is 19.1. The third kappa shape index (κ3) is 4.60. The van der Waals surface area contributed by atoms with Crippen LogP contribution in [0, 0.1) is 5.82 Å². The molecule has 8 heteroatoms. The summed E-state index contributed by atoms with van der Waals surface area (Å²) in [4.78, 5) is 19.0. The number of halogens is 1.